The van der Waals surface area contributed by atoms with Crippen LogP contribution in [0.1, 0.15) is 29.1 Å². The third-order valence-electron chi connectivity index (χ3n) is 3.04. The number of fused-ring (bicyclic) bond motifs is 1. The van der Waals surface area contributed by atoms with Gasteiger partial charge in [-0.15, -0.1) is 11.3 Å². The first kappa shape index (κ1) is 10.9. The second-order valence-corrected chi connectivity index (χ2v) is 5.46. The largest absolute Gasteiger partial charge is 0.333 e. The summed E-state index contributed by atoms with van der Waals surface area (Å²) in [6, 6.07) is 2.21. The molecule has 2 heterocycles. The molecule has 5 heteroatoms. The van der Waals surface area contributed by atoms with E-state index in [-0.39, 0.29) is 0 Å². The van der Waals surface area contributed by atoms with E-state index in [2.05, 4.69) is 16.2 Å². The first-order valence-corrected chi connectivity index (χ1v) is 6.83. The number of nitrogens with zero attached hydrogens (tertiary/aromatic N) is 2. The van der Waals surface area contributed by atoms with Gasteiger partial charge < -0.3 is 10.3 Å². The first-order chi connectivity index (χ1) is 8.36. The van der Waals surface area contributed by atoms with Crippen molar-refractivity contribution in [2.45, 2.75) is 32.1 Å². The van der Waals surface area contributed by atoms with Crippen LogP contribution < -0.4 is 5.73 Å². The molecule has 0 aromatic carbocycles. The van der Waals surface area contributed by atoms with Gasteiger partial charge in [-0.2, -0.15) is 4.98 Å². The molecule has 0 atom stereocenters. The molecule has 0 saturated carbocycles. The Morgan fingerprint density at radius 1 is 1.35 bits per heavy atom. The Balaban J connectivity index is 1.89. The number of aromatic nitrogens is 2. The molecule has 90 valence electrons. The summed E-state index contributed by atoms with van der Waals surface area (Å²) >= 11 is 1.79. The second kappa shape index (κ2) is 4.58. The lowest BCUT2D eigenvalue weighted by Crippen LogP contribution is -2.03. The predicted molar refractivity (Wildman–Crippen MR) is 67.0 cm³/mol. The predicted octanol–water partition coefficient (Wildman–Crippen LogP) is 2.18. The quantitative estimate of drug-likeness (QED) is 0.905. The molecule has 2 aromatic rings. The molecule has 0 unspecified atom stereocenters. The molecule has 0 radical (unpaired) electrons. The lowest BCUT2D eigenvalue weighted by Gasteiger charge is -2.08. The fourth-order valence-corrected chi connectivity index (χ4v) is 3.36. The minimum atomic E-state index is 0.555. The second-order valence-electron chi connectivity index (χ2n) is 4.32. The van der Waals surface area contributed by atoms with Crippen molar-refractivity contribution in [3.05, 3.63) is 22.3 Å². The van der Waals surface area contributed by atoms with E-state index in [0.29, 0.717) is 24.7 Å². The summed E-state index contributed by atoms with van der Waals surface area (Å²) in [6.07, 6.45) is 5.66. The molecule has 2 N–H and O–H groups in total. The molecule has 0 bridgehead atoms. The summed E-state index contributed by atoms with van der Waals surface area (Å²) in [5.74, 6) is 1.35. The van der Waals surface area contributed by atoms with Crippen LogP contribution in [0.2, 0.25) is 0 Å². The number of rotatable bonds is 3. The zero-order chi connectivity index (χ0) is 11.7. The van der Waals surface area contributed by atoms with Crippen LogP contribution in [0.3, 0.4) is 0 Å². The average Bonchev–Trinajstić information content (AvgIpc) is 2.94. The third-order valence-corrected chi connectivity index (χ3v) is 4.27. The van der Waals surface area contributed by atoms with Crippen molar-refractivity contribution in [1.29, 1.82) is 0 Å². The molecule has 0 saturated heterocycles. The summed E-state index contributed by atoms with van der Waals surface area (Å²) in [7, 11) is 0. The molecule has 0 fully saturated rings. The molecule has 0 aliphatic heterocycles. The molecular weight excluding hydrogens is 234 g/mol. The standard InChI is InChI=1S/C12H15N3OS/c13-6-5-11-14-12(16-15-11)10-7-8-3-1-2-4-9(8)17-10/h7H,1-6,13H2. The Morgan fingerprint density at radius 3 is 3.06 bits per heavy atom. The average molecular weight is 249 g/mol. The van der Waals surface area contributed by atoms with E-state index in [4.69, 9.17) is 10.3 Å². The Hall–Kier alpha value is -1.20. The minimum Gasteiger partial charge on any atom is -0.333 e. The maximum atomic E-state index is 5.47. The highest BCUT2D eigenvalue weighted by Gasteiger charge is 2.17. The smallest absolute Gasteiger partial charge is 0.268 e. The van der Waals surface area contributed by atoms with E-state index in [1.165, 1.54) is 36.1 Å². The van der Waals surface area contributed by atoms with Gasteiger partial charge in [0.05, 0.1) is 4.88 Å². The van der Waals surface area contributed by atoms with Crippen molar-refractivity contribution in [2.75, 3.05) is 6.54 Å². The van der Waals surface area contributed by atoms with E-state index in [1.807, 2.05) is 0 Å². The molecule has 1 aliphatic rings. The van der Waals surface area contributed by atoms with Crippen molar-refractivity contribution in [3.63, 3.8) is 0 Å². The van der Waals surface area contributed by atoms with Gasteiger partial charge in [0.15, 0.2) is 5.82 Å². The summed E-state index contributed by atoms with van der Waals surface area (Å²) in [5, 5.41) is 3.93. The van der Waals surface area contributed by atoms with E-state index in [9.17, 15) is 0 Å². The highest BCUT2D eigenvalue weighted by molar-refractivity contribution is 7.15. The van der Waals surface area contributed by atoms with Gasteiger partial charge >= 0.3 is 0 Å². The fourth-order valence-electron chi connectivity index (χ4n) is 2.18. The van der Waals surface area contributed by atoms with Gasteiger partial charge in [0.1, 0.15) is 0 Å². The first-order valence-electron chi connectivity index (χ1n) is 6.01. The number of aryl methyl sites for hydroxylation is 2. The molecule has 2 aromatic heterocycles. The van der Waals surface area contributed by atoms with Gasteiger partial charge in [0.25, 0.3) is 5.89 Å². The lowest BCUT2D eigenvalue weighted by atomic mass is 9.99. The van der Waals surface area contributed by atoms with Gasteiger partial charge in [0.2, 0.25) is 0 Å². The number of hydrogen-bond donors (Lipinski definition) is 1. The Labute approximate surface area is 104 Å². The van der Waals surface area contributed by atoms with Crippen LogP contribution in [-0.2, 0) is 19.3 Å². The van der Waals surface area contributed by atoms with Crippen molar-refractivity contribution < 1.29 is 4.52 Å². The van der Waals surface area contributed by atoms with Gasteiger partial charge in [-0.1, -0.05) is 5.16 Å². The van der Waals surface area contributed by atoms with Crippen LogP contribution >= 0.6 is 11.3 Å². The number of nitrogens with two attached hydrogens (primary N) is 1. The number of hydrogen-bond acceptors (Lipinski definition) is 5. The molecule has 1 aliphatic carbocycles. The van der Waals surface area contributed by atoms with Gasteiger partial charge in [-0.3, -0.25) is 0 Å². The molecule has 4 nitrogen and oxygen atoms in total. The topological polar surface area (TPSA) is 64.9 Å². The highest BCUT2D eigenvalue weighted by atomic mass is 32.1. The SMILES string of the molecule is NCCc1noc(-c2cc3c(s2)CCCC3)n1. The Kier molecular flexibility index (Phi) is 2.94. The zero-order valence-corrected chi connectivity index (χ0v) is 10.4. The molecule has 0 amide bonds. The maximum Gasteiger partial charge on any atom is 0.268 e. The molecular formula is C12H15N3OS. The van der Waals surface area contributed by atoms with Gasteiger partial charge in [-0.05, 0) is 43.9 Å². The van der Waals surface area contributed by atoms with E-state index in [1.54, 1.807) is 11.3 Å². The molecule has 3 rings (SSSR count). The third kappa shape index (κ3) is 2.12. The van der Waals surface area contributed by atoms with E-state index < -0.39 is 0 Å². The maximum absolute atomic E-state index is 5.47. The fraction of sp³-hybridized carbons (Fsp3) is 0.500. The summed E-state index contributed by atoms with van der Waals surface area (Å²) in [6.45, 7) is 0.555. The highest BCUT2D eigenvalue weighted by Crippen LogP contribution is 2.34. The summed E-state index contributed by atoms with van der Waals surface area (Å²) < 4.78 is 5.27. The van der Waals surface area contributed by atoms with E-state index >= 15 is 0 Å². The summed E-state index contributed by atoms with van der Waals surface area (Å²) in [4.78, 5) is 6.96. The summed E-state index contributed by atoms with van der Waals surface area (Å²) in [5.41, 5.74) is 6.94. The number of thiophene rings is 1. The van der Waals surface area contributed by atoms with Crippen LogP contribution in [0.25, 0.3) is 10.8 Å². The van der Waals surface area contributed by atoms with Crippen molar-refractivity contribution in [1.82, 2.24) is 10.1 Å². The molecule has 17 heavy (non-hydrogen) atoms. The Bertz CT molecular complexity index is 494. The zero-order valence-electron chi connectivity index (χ0n) is 9.61. The lowest BCUT2D eigenvalue weighted by molar-refractivity contribution is 0.423. The normalized spacial score (nSPS) is 14.9. The monoisotopic (exact) mass is 249 g/mol. The van der Waals surface area contributed by atoms with Crippen LogP contribution in [0.4, 0.5) is 0 Å². The van der Waals surface area contributed by atoms with Crippen molar-refractivity contribution >= 4 is 11.3 Å². The van der Waals surface area contributed by atoms with Crippen LogP contribution in [0.5, 0.6) is 0 Å². The molecule has 0 spiro atoms. The van der Waals surface area contributed by atoms with Gasteiger partial charge in [0, 0.05) is 11.3 Å². The van der Waals surface area contributed by atoms with Crippen LogP contribution in [0, 0.1) is 0 Å². The van der Waals surface area contributed by atoms with Crippen molar-refractivity contribution in [2.24, 2.45) is 5.73 Å². The minimum absolute atomic E-state index is 0.555. The van der Waals surface area contributed by atoms with E-state index in [0.717, 1.165) is 4.88 Å². The van der Waals surface area contributed by atoms with Crippen LogP contribution in [0.15, 0.2) is 10.6 Å². The van der Waals surface area contributed by atoms with Gasteiger partial charge in [-0.25, -0.2) is 0 Å². The van der Waals surface area contributed by atoms with Crippen molar-refractivity contribution in [3.8, 4) is 10.8 Å². The Morgan fingerprint density at radius 2 is 2.24 bits per heavy atom. The van der Waals surface area contributed by atoms with Crippen LogP contribution in [-0.4, -0.2) is 16.7 Å².